The van der Waals surface area contributed by atoms with E-state index in [1.54, 1.807) is 0 Å². The molecule has 3 aromatic heterocycles. The average Bonchev–Trinajstić information content (AvgIpc) is 1.99. The number of benzene rings is 7. The number of hydrogen-bond acceptors (Lipinski definition) is 14. The zero-order valence-electron chi connectivity index (χ0n) is 48.9. The van der Waals surface area contributed by atoms with Gasteiger partial charge in [0.05, 0.1) is 49.1 Å². The van der Waals surface area contributed by atoms with Gasteiger partial charge in [-0.05, 0) is 120 Å². The van der Waals surface area contributed by atoms with E-state index in [1.807, 2.05) is 97.1 Å². The molecule has 0 unspecified atom stereocenters. The molecule has 17 nitrogen and oxygen atoms in total. The SMILES string of the molecule is CC[NH+]=C1C=CC(=C(c2ccc(N(CC)CC)cc2)c2ccc(N(CC)CC)cc2)c2ccccc21.CS(=O)(=O)[O-].CS(=O)(=O)[O-].[Cu+2].c1ccc2c(c1)-c1nc-2nc2[n-]c(nc3nc(nc4[n-]c(n1)c1ccccc41)-c1ccccc1-3)c1ccccc21. The van der Waals surface area contributed by atoms with Crippen LogP contribution in [-0.2, 0) is 37.3 Å². The van der Waals surface area contributed by atoms with Crippen molar-refractivity contribution in [2.45, 2.75) is 34.6 Å². The molecule has 0 fully saturated rings. The van der Waals surface area contributed by atoms with Crippen molar-refractivity contribution >= 4 is 92.6 Å². The Balaban J connectivity index is 0.000000179. The molecule has 13 rings (SSSR count). The number of allylic oxidation sites excluding steroid dienone is 3. The maximum absolute atomic E-state index is 9.08. The third kappa shape index (κ3) is 14.3. The van der Waals surface area contributed by atoms with E-state index in [4.69, 9.17) is 65.8 Å². The van der Waals surface area contributed by atoms with E-state index in [0.717, 1.165) is 76.5 Å². The third-order valence-corrected chi connectivity index (χ3v) is 14.5. The second kappa shape index (κ2) is 27.1. The first-order chi connectivity index (χ1) is 41.4. The van der Waals surface area contributed by atoms with Crippen LogP contribution in [0.15, 0.2) is 182 Å². The van der Waals surface area contributed by atoms with Crippen molar-refractivity contribution in [2.75, 3.05) is 55.0 Å². The van der Waals surface area contributed by atoms with Gasteiger partial charge in [-0.2, -0.15) is 0 Å². The van der Waals surface area contributed by atoms with Crippen molar-refractivity contribution in [3.63, 3.8) is 0 Å². The summed E-state index contributed by atoms with van der Waals surface area (Å²) in [6, 6.07) is 58.8. The zero-order valence-corrected chi connectivity index (χ0v) is 51.5. The zero-order chi connectivity index (χ0) is 60.7. The van der Waals surface area contributed by atoms with Crippen LogP contribution in [0.1, 0.15) is 56.9 Å². The Morgan fingerprint density at radius 3 is 1.00 bits per heavy atom. The van der Waals surface area contributed by atoms with E-state index < -0.39 is 20.2 Å². The fourth-order valence-electron chi connectivity index (χ4n) is 10.7. The van der Waals surface area contributed by atoms with Crippen LogP contribution in [0.2, 0.25) is 0 Å². The molecule has 1 radical (unpaired) electrons. The van der Waals surface area contributed by atoms with Crippen LogP contribution in [0.25, 0.3) is 101 Å². The smallest absolute Gasteiger partial charge is 0.748 e. The van der Waals surface area contributed by atoms with Gasteiger partial charge in [0.15, 0.2) is 0 Å². The minimum absolute atomic E-state index is 0. The molecule has 0 saturated carbocycles. The molecule has 1 N–H and O–H groups in total. The van der Waals surface area contributed by atoms with Gasteiger partial charge in [0.2, 0.25) is 5.71 Å². The van der Waals surface area contributed by atoms with Crippen molar-refractivity contribution in [1.82, 2.24) is 39.9 Å². The largest absolute Gasteiger partial charge is 2.00 e. The van der Waals surface area contributed by atoms with Gasteiger partial charge in [-0.25, -0.2) is 31.8 Å². The third-order valence-electron chi connectivity index (χ3n) is 14.5. The summed E-state index contributed by atoms with van der Waals surface area (Å²) in [6.45, 7) is 15.9. The molecule has 1 aliphatic carbocycles. The van der Waals surface area contributed by atoms with Gasteiger partial charge in [-0.15, -0.1) is 0 Å². The molecular formula is C67H62CuN11O6S2-. The minimum atomic E-state index is -3.92. The monoisotopic (exact) mass is 1240 g/mol. The van der Waals surface area contributed by atoms with Crippen molar-refractivity contribution in [3.05, 3.63) is 204 Å². The number of hydrogen-bond donors (Lipinski definition) is 1. The van der Waals surface area contributed by atoms with E-state index >= 15 is 0 Å². The van der Waals surface area contributed by atoms with Gasteiger partial charge >= 0.3 is 17.1 Å². The van der Waals surface area contributed by atoms with Crippen molar-refractivity contribution < 1.29 is 48.0 Å². The summed E-state index contributed by atoms with van der Waals surface area (Å²) in [5.74, 6) is 2.21. The Hall–Kier alpha value is -9.01. The molecule has 5 heterocycles. The number of rotatable bonds is 9. The maximum atomic E-state index is 9.08. The molecule has 0 spiro atoms. The van der Waals surface area contributed by atoms with Crippen LogP contribution in [0.5, 0.6) is 0 Å². The van der Waals surface area contributed by atoms with Crippen LogP contribution in [0, 0.1) is 0 Å². The van der Waals surface area contributed by atoms with E-state index in [0.29, 0.717) is 58.4 Å². The summed E-state index contributed by atoms with van der Waals surface area (Å²) in [5, 5.41) is 3.57. The van der Waals surface area contributed by atoms with Gasteiger partial charge in [0.25, 0.3) is 0 Å². The molecule has 10 aromatic rings. The minimum Gasteiger partial charge on any atom is -0.748 e. The number of anilines is 2. The van der Waals surface area contributed by atoms with Gasteiger partial charge in [-0.3, -0.25) is 0 Å². The summed E-state index contributed by atoms with van der Waals surface area (Å²) < 4.78 is 54.5. The molecule has 0 atom stereocenters. The molecule has 0 amide bonds. The summed E-state index contributed by atoms with van der Waals surface area (Å²) in [5.41, 5.74) is 17.0. The maximum Gasteiger partial charge on any atom is 2.00 e. The van der Waals surface area contributed by atoms with Crippen LogP contribution in [0.3, 0.4) is 0 Å². The van der Waals surface area contributed by atoms with Crippen LogP contribution in [-0.4, -0.2) is 107 Å². The molecule has 2 aliphatic heterocycles. The predicted molar refractivity (Wildman–Crippen MR) is 342 cm³/mol. The van der Waals surface area contributed by atoms with Crippen LogP contribution >= 0.6 is 0 Å². The molecule has 3 aliphatic rings. The number of nitrogens with one attached hydrogen (secondary N) is 1. The first-order valence-electron chi connectivity index (χ1n) is 28.2. The number of fused-ring (bicyclic) bond motifs is 21. The Labute approximate surface area is 516 Å². The molecule has 8 bridgehead atoms. The van der Waals surface area contributed by atoms with E-state index in [9.17, 15) is 0 Å². The van der Waals surface area contributed by atoms with Crippen molar-refractivity contribution in [3.8, 4) is 45.6 Å². The van der Waals surface area contributed by atoms with Gasteiger partial charge in [0.1, 0.15) is 6.54 Å². The van der Waals surface area contributed by atoms with Crippen molar-refractivity contribution in [2.24, 2.45) is 0 Å². The van der Waals surface area contributed by atoms with Crippen LogP contribution in [0.4, 0.5) is 11.4 Å². The van der Waals surface area contributed by atoms with Crippen LogP contribution < -0.4 is 24.8 Å². The Morgan fingerprint density at radius 1 is 0.414 bits per heavy atom. The summed E-state index contributed by atoms with van der Waals surface area (Å²) in [4.78, 5) is 47.6. The average molecular weight is 1240 g/mol. The quantitative estimate of drug-likeness (QED) is 0.104. The fourth-order valence-corrected chi connectivity index (χ4v) is 10.7. The second-order valence-electron chi connectivity index (χ2n) is 20.1. The summed E-state index contributed by atoms with van der Waals surface area (Å²) in [7, 11) is -7.83. The normalized spacial score (nSPS) is 12.5. The molecule has 87 heavy (non-hydrogen) atoms. The molecule has 445 valence electrons. The Morgan fingerprint density at radius 2 is 0.701 bits per heavy atom. The topological polar surface area (TPSA) is 240 Å². The molecular weight excluding hydrogens is 1180 g/mol. The van der Waals surface area contributed by atoms with Crippen molar-refractivity contribution in [1.29, 1.82) is 0 Å². The van der Waals surface area contributed by atoms with Gasteiger partial charge in [0, 0.05) is 101 Å². The molecule has 7 aromatic carbocycles. The second-order valence-corrected chi connectivity index (χ2v) is 22.9. The Kier molecular flexibility index (Phi) is 19.5. The van der Waals surface area contributed by atoms with E-state index in [1.165, 1.54) is 50.5 Å². The molecule has 20 heteroatoms. The van der Waals surface area contributed by atoms with Gasteiger partial charge < -0.3 is 48.8 Å². The molecule has 0 saturated heterocycles. The summed E-state index contributed by atoms with van der Waals surface area (Å²) >= 11 is 0. The predicted octanol–water partition coefficient (Wildman–Crippen LogP) is 10.2. The standard InChI is InChI=1S/C33H39N3.C32H16N8.2CH4O3S.Cu/c1-6-34-32-24-23-31(29-13-11-12-14-30(29)32)33(25-15-19-27(20-16-25)35(7-2)8-3)26-17-21-28(22-18-26)36(9-4)10-5;1-2-10-18-17(9-1)25-33-26(18)38-28-21-13-5-6-14-22(21)30(35-28)40-32-24-16-8-7-15-23(24)31(36-32)39-29-20-12-4-3-11-19(20)27(34-29)37-25;2*1-5(2,3)4;/h11-24H,6-10H2,1-5H3;1-16H;2*1H3,(H,2,3,4);/q;-2;;;+2/p-1. The number of aromatic nitrogens is 8. The number of nitrogens with zero attached hydrogens (tertiary/aromatic N) is 10. The first-order valence-corrected chi connectivity index (χ1v) is 31.8. The van der Waals surface area contributed by atoms with Gasteiger partial charge in [-0.1, -0.05) is 140 Å². The fraction of sp³-hybridized carbons (Fsp3) is 0.179. The van der Waals surface area contributed by atoms with E-state index in [-0.39, 0.29) is 17.1 Å². The van der Waals surface area contributed by atoms with E-state index in [2.05, 4.69) is 134 Å². The first kappa shape index (κ1) is 62.5. The summed E-state index contributed by atoms with van der Waals surface area (Å²) in [6.07, 6.45) is 5.72. The Bertz CT molecular complexity index is 4250.